The van der Waals surface area contributed by atoms with Gasteiger partial charge in [-0.1, -0.05) is 15.9 Å². The molecule has 112 valence electrons. The Balaban J connectivity index is 3.10. The van der Waals surface area contributed by atoms with Gasteiger partial charge in [0.05, 0.1) is 9.82 Å². The number of halogens is 1. The lowest BCUT2D eigenvalue weighted by Gasteiger charge is -2.10. The first-order valence-electron chi connectivity index (χ1n) is 5.85. The molecule has 0 spiro atoms. The standard InChI is InChI=1S/C11H16BrN3O4S/c1-7(13)3-4-14-20(18,19)9-5-10(12)8(2)11(6-9)15(16)17/h5-7,14H,3-4,13H2,1-2H3. The van der Waals surface area contributed by atoms with E-state index in [9.17, 15) is 18.5 Å². The molecule has 0 saturated carbocycles. The Morgan fingerprint density at radius 2 is 2.10 bits per heavy atom. The highest BCUT2D eigenvalue weighted by Gasteiger charge is 2.22. The van der Waals surface area contributed by atoms with E-state index < -0.39 is 14.9 Å². The van der Waals surface area contributed by atoms with Gasteiger partial charge in [0.15, 0.2) is 0 Å². The molecule has 1 aromatic carbocycles. The molecule has 0 radical (unpaired) electrons. The largest absolute Gasteiger partial charge is 0.328 e. The molecule has 0 heterocycles. The monoisotopic (exact) mass is 365 g/mol. The van der Waals surface area contributed by atoms with Gasteiger partial charge in [0.1, 0.15) is 0 Å². The van der Waals surface area contributed by atoms with Crippen LogP contribution in [0.3, 0.4) is 0 Å². The lowest BCUT2D eigenvalue weighted by atomic mass is 10.2. The van der Waals surface area contributed by atoms with Gasteiger partial charge >= 0.3 is 0 Å². The van der Waals surface area contributed by atoms with E-state index in [1.54, 1.807) is 13.8 Å². The van der Waals surface area contributed by atoms with E-state index in [0.29, 0.717) is 16.5 Å². The highest BCUT2D eigenvalue weighted by Crippen LogP contribution is 2.29. The Kier molecular flexibility index (Phi) is 5.63. The van der Waals surface area contributed by atoms with Crippen LogP contribution in [0.2, 0.25) is 0 Å². The number of benzene rings is 1. The molecule has 0 aliphatic carbocycles. The average molecular weight is 366 g/mol. The molecule has 0 aliphatic heterocycles. The van der Waals surface area contributed by atoms with Crippen molar-refractivity contribution in [3.8, 4) is 0 Å². The first kappa shape index (κ1) is 17.0. The maximum Gasteiger partial charge on any atom is 0.274 e. The molecule has 7 nitrogen and oxygen atoms in total. The quantitative estimate of drug-likeness (QED) is 0.587. The van der Waals surface area contributed by atoms with E-state index in [2.05, 4.69) is 20.7 Å². The van der Waals surface area contributed by atoms with E-state index >= 15 is 0 Å². The summed E-state index contributed by atoms with van der Waals surface area (Å²) in [5, 5.41) is 10.9. The zero-order chi connectivity index (χ0) is 15.5. The minimum Gasteiger partial charge on any atom is -0.328 e. The predicted molar refractivity (Wildman–Crippen MR) is 79.0 cm³/mol. The van der Waals surface area contributed by atoms with Gasteiger partial charge in [-0.25, -0.2) is 13.1 Å². The summed E-state index contributed by atoms with van der Waals surface area (Å²) in [6, 6.07) is 2.27. The summed E-state index contributed by atoms with van der Waals surface area (Å²) in [5.74, 6) is 0. The number of hydrogen-bond donors (Lipinski definition) is 2. The topological polar surface area (TPSA) is 115 Å². The predicted octanol–water partition coefficient (Wildman–Crippen LogP) is 1.68. The fourth-order valence-corrected chi connectivity index (χ4v) is 3.18. The zero-order valence-electron chi connectivity index (χ0n) is 11.1. The third-order valence-corrected chi connectivity index (χ3v) is 4.95. The van der Waals surface area contributed by atoms with E-state index in [1.807, 2.05) is 0 Å². The molecule has 0 fully saturated rings. The van der Waals surface area contributed by atoms with Gasteiger partial charge in [0.2, 0.25) is 10.0 Å². The molecular weight excluding hydrogens is 350 g/mol. The van der Waals surface area contributed by atoms with Crippen molar-refractivity contribution in [2.45, 2.75) is 31.2 Å². The van der Waals surface area contributed by atoms with Gasteiger partial charge in [-0.15, -0.1) is 0 Å². The van der Waals surface area contributed by atoms with Crippen LogP contribution in [0.4, 0.5) is 5.69 Å². The van der Waals surface area contributed by atoms with Crippen molar-refractivity contribution in [3.63, 3.8) is 0 Å². The summed E-state index contributed by atoms with van der Waals surface area (Å²) in [6.45, 7) is 3.49. The second-order valence-corrected chi connectivity index (χ2v) is 7.09. The Morgan fingerprint density at radius 3 is 2.60 bits per heavy atom. The number of nitro groups is 1. The highest BCUT2D eigenvalue weighted by molar-refractivity contribution is 9.10. The van der Waals surface area contributed by atoms with Crippen LogP contribution in [0.5, 0.6) is 0 Å². The van der Waals surface area contributed by atoms with Crippen molar-refractivity contribution in [2.75, 3.05) is 6.54 Å². The molecule has 0 amide bonds. The van der Waals surface area contributed by atoms with Crippen LogP contribution < -0.4 is 10.5 Å². The maximum absolute atomic E-state index is 12.1. The van der Waals surface area contributed by atoms with Crippen molar-refractivity contribution in [3.05, 3.63) is 32.3 Å². The van der Waals surface area contributed by atoms with Crippen LogP contribution in [0.15, 0.2) is 21.5 Å². The second kappa shape index (κ2) is 6.61. The smallest absolute Gasteiger partial charge is 0.274 e. The molecule has 0 aromatic heterocycles. The molecule has 20 heavy (non-hydrogen) atoms. The molecule has 1 atom stereocenters. The van der Waals surface area contributed by atoms with Gasteiger partial charge in [0.25, 0.3) is 5.69 Å². The Labute approximate surface area is 125 Å². The number of nitrogens with one attached hydrogen (secondary N) is 1. The maximum atomic E-state index is 12.1. The third-order valence-electron chi connectivity index (χ3n) is 2.69. The fourth-order valence-electron chi connectivity index (χ4n) is 1.49. The first-order valence-corrected chi connectivity index (χ1v) is 8.12. The summed E-state index contributed by atoms with van der Waals surface area (Å²) in [7, 11) is -3.79. The fraction of sp³-hybridized carbons (Fsp3) is 0.455. The van der Waals surface area contributed by atoms with Crippen molar-refractivity contribution < 1.29 is 13.3 Å². The van der Waals surface area contributed by atoms with Crippen molar-refractivity contribution in [1.82, 2.24) is 4.72 Å². The molecule has 1 aromatic rings. The molecule has 1 rings (SSSR count). The number of nitrogens with two attached hydrogens (primary N) is 1. The average Bonchev–Trinajstić information content (AvgIpc) is 2.31. The molecule has 9 heteroatoms. The number of nitrogens with zero attached hydrogens (tertiary/aromatic N) is 1. The molecule has 1 unspecified atom stereocenters. The van der Waals surface area contributed by atoms with Gasteiger partial charge in [-0.2, -0.15) is 0 Å². The van der Waals surface area contributed by atoms with Crippen LogP contribution in [-0.2, 0) is 10.0 Å². The summed E-state index contributed by atoms with van der Waals surface area (Å²) >= 11 is 3.13. The summed E-state index contributed by atoms with van der Waals surface area (Å²) < 4.78 is 26.9. The molecular formula is C11H16BrN3O4S. The van der Waals surface area contributed by atoms with E-state index in [0.717, 1.165) is 6.07 Å². The molecule has 0 bridgehead atoms. The molecule has 3 N–H and O–H groups in total. The van der Waals surface area contributed by atoms with Crippen molar-refractivity contribution >= 4 is 31.6 Å². The van der Waals surface area contributed by atoms with Gasteiger partial charge in [-0.05, 0) is 26.3 Å². The van der Waals surface area contributed by atoms with E-state index in [4.69, 9.17) is 5.73 Å². The summed E-state index contributed by atoms with van der Waals surface area (Å²) in [5.41, 5.74) is 5.67. The van der Waals surface area contributed by atoms with Crippen LogP contribution in [0.1, 0.15) is 18.9 Å². The van der Waals surface area contributed by atoms with Gasteiger partial charge < -0.3 is 5.73 Å². The summed E-state index contributed by atoms with van der Waals surface area (Å²) in [4.78, 5) is 10.2. The van der Waals surface area contributed by atoms with Crippen LogP contribution >= 0.6 is 15.9 Å². The Morgan fingerprint density at radius 1 is 1.50 bits per heavy atom. The SMILES string of the molecule is Cc1c(Br)cc(S(=O)(=O)NCCC(C)N)cc1[N+](=O)[O-]. The van der Waals surface area contributed by atoms with Gasteiger partial charge in [-0.3, -0.25) is 10.1 Å². The second-order valence-electron chi connectivity index (χ2n) is 4.47. The number of sulfonamides is 1. The van der Waals surface area contributed by atoms with Crippen LogP contribution in [-0.4, -0.2) is 25.9 Å². The van der Waals surface area contributed by atoms with Crippen molar-refractivity contribution in [2.24, 2.45) is 5.73 Å². The Hall–Kier alpha value is -1.03. The lowest BCUT2D eigenvalue weighted by molar-refractivity contribution is -0.385. The molecule has 0 aliphatic rings. The number of rotatable bonds is 6. The highest BCUT2D eigenvalue weighted by atomic mass is 79.9. The van der Waals surface area contributed by atoms with E-state index in [1.165, 1.54) is 6.07 Å². The molecule has 0 saturated heterocycles. The summed E-state index contributed by atoms with van der Waals surface area (Å²) in [6.07, 6.45) is 0.481. The minimum absolute atomic E-state index is 0.128. The lowest BCUT2D eigenvalue weighted by Crippen LogP contribution is -2.29. The number of hydrogen-bond acceptors (Lipinski definition) is 5. The Bertz CT molecular complexity index is 616. The van der Waals surface area contributed by atoms with E-state index in [-0.39, 0.29) is 23.2 Å². The van der Waals surface area contributed by atoms with Gasteiger partial charge in [0, 0.05) is 28.7 Å². The van der Waals surface area contributed by atoms with Crippen LogP contribution in [0, 0.1) is 17.0 Å². The normalized spacial score (nSPS) is 13.2. The third kappa shape index (κ3) is 4.23. The van der Waals surface area contributed by atoms with Crippen LogP contribution in [0.25, 0.3) is 0 Å². The van der Waals surface area contributed by atoms with Crippen molar-refractivity contribution in [1.29, 1.82) is 0 Å². The first-order chi connectivity index (χ1) is 9.15. The zero-order valence-corrected chi connectivity index (χ0v) is 13.5. The number of nitro benzene ring substituents is 1. The minimum atomic E-state index is -3.79.